The van der Waals surface area contributed by atoms with Crippen LogP contribution in [0.4, 0.5) is 0 Å². The molecule has 31 heavy (non-hydrogen) atoms. The van der Waals surface area contributed by atoms with Gasteiger partial charge in [-0.25, -0.2) is 9.78 Å². The molecule has 0 unspecified atom stereocenters. The highest BCUT2D eigenvalue weighted by molar-refractivity contribution is 7.13. The molecule has 158 valence electrons. The fourth-order valence-electron chi connectivity index (χ4n) is 3.42. The van der Waals surface area contributed by atoms with E-state index in [9.17, 15) is 9.59 Å². The topological polar surface area (TPSA) is 86.1 Å². The standard InChI is InChI=1S/C23H22N4O3S/c1-14-7-4-5-8-16(14)12-24-20(28)13-30-23(29)17-11-18(19-9-6-10-31-19)25-22-21(17)15(2)26-27(22)3/h4-11H,12-13H2,1-3H3,(H,24,28). The third kappa shape index (κ3) is 4.34. The van der Waals surface area contributed by atoms with Crippen LogP contribution < -0.4 is 5.32 Å². The Labute approximate surface area is 183 Å². The van der Waals surface area contributed by atoms with E-state index < -0.39 is 5.97 Å². The molecule has 1 amide bonds. The first kappa shape index (κ1) is 20.7. The van der Waals surface area contributed by atoms with E-state index in [1.165, 1.54) is 11.3 Å². The van der Waals surface area contributed by atoms with Crippen molar-refractivity contribution in [1.29, 1.82) is 0 Å². The average molecular weight is 435 g/mol. The number of fused-ring (bicyclic) bond motifs is 1. The number of hydrogen-bond donors (Lipinski definition) is 1. The van der Waals surface area contributed by atoms with Crippen molar-refractivity contribution < 1.29 is 14.3 Å². The van der Waals surface area contributed by atoms with Gasteiger partial charge >= 0.3 is 5.97 Å². The maximum Gasteiger partial charge on any atom is 0.339 e. The van der Waals surface area contributed by atoms with Crippen LogP contribution >= 0.6 is 11.3 Å². The zero-order valence-corrected chi connectivity index (χ0v) is 18.3. The Bertz CT molecular complexity index is 1260. The fraction of sp³-hybridized carbons (Fsp3) is 0.217. The maximum atomic E-state index is 12.9. The second-order valence-corrected chi connectivity index (χ2v) is 8.17. The molecular formula is C23H22N4O3S. The summed E-state index contributed by atoms with van der Waals surface area (Å²) >= 11 is 1.53. The molecule has 1 N–H and O–H groups in total. The Morgan fingerprint density at radius 2 is 1.97 bits per heavy atom. The molecule has 0 aliphatic carbocycles. The summed E-state index contributed by atoms with van der Waals surface area (Å²) in [7, 11) is 1.79. The first-order valence-electron chi connectivity index (χ1n) is 9.80. The van der Waals surface area contributed by atoms with Gasteiger partial charge in [0.25, 0.3) is 5.91 Å². The third-order valence-corrected chi connectivity index (χ3v) is 5.93. The van der Waals surface area contributed by atoms with Gasteiger partial charge in [0, 0.05) is 13.6 Å². The van der Waals surface area contributed by atoms with E-state index in [2.05, 4.69) is 15.4 Å². The van der Waals surface area contributed by atoms with Crippen LogP contribution in [0.2, 0.25) is 0 Å². The summed E-state index contributed by atoms with van der Waals surface area (Å²) in [6.45, 7) is 3.83. The van der Waals surface area contributed by atoms with Gasteiger partial charge in [0.05, 0.1) is 27.2 Å². The second-order valence-electron chi connectivity index (χ2n) is 7.22. The minimum atomic E-state index is -0.577. The number of thiophene rings is 1. The van der Waals surface area contributed by atoms with Crippen LogP contribution in [0.1, 0.15) is 27.2 Å². The first-order valence-corrected chi connectivity index (χ1v) is 10.7. The Morgan fingerprint density at radius 3 is 2.71 bits per heavy atom. The second kappa shape index (κ2) is 8.69. The predicted molar refractivity (Wildman–Crippen MR) is 120 cm³/mol. The lowest BCUT2D eigenvalue weighted by molar-refractivity contribution is -0.124. The maximum absolute atomic E-state index is 12.9. The number of esters is 1. The number of hydrogen-bond acceptors (Lipinski definition) is 6. The quantitative estimate of drug-likeness (QED) is 0.467. The molecule has 0 fully saturated rings. The smallest absolute Gasteiger partial charge is 0.339 e. The van der Waals surface area contributed by atoms with E-state index in [1.807, 2.05) is 55.6 Å². The van der Waals surface area contributed by atoms with Gasteiger partial charge in [-0.1, -0.05) is 30.3 Å². The highest BCUT2D eigenvalue weighted by Gasteiger charge is 2.21. The van der Waals surface area contributed by atoms with Crippen LogP contribution in [-0.4, -0.2) is 33.2 Å². The molecule has 8 heteroatoms. The van der Waals surface area contributed by atoms with Crippen molar-refractivity contribution in [2.45, 2.75) is 20.4 Å². The van der Waals surface area contributed by atoms with Gasteiger partial charge in [-0.05, 0) is 42.5 Å². The molecule has 0 bridgehead atoms. The monoisotopic (exact) mass is 434 g/mol. The van der Waals surface area contributed by atoms with Crippen molar-refractivity contribution in [2.75, 3.05) is 6.61 Å². The normalized spacial score (nSPS) is 10.9. The number of rotatable bonds is 6. The molecule has 3 aromatic heterocycles. The van der Waals surface area contributed by atoms with E-state index in [1.54, 1.807) is 17.8 Å². The molecule has 0 aliphatic heterocycles. The van der Waals surface area contributed by atoms with Crippen molar-refractivity contribution in [3.8, 4) is 10.6 Å². The summed E-state index contributed by atoms with van der Waals surface area (Å²) in [5.74, 6) is -0.935. The number of aryl methyl sites for hydroxylation is 3. The largest absolute Gasteiger partial charge is 0.452 e. The van der Waals surface area contributed by atoms with Gasteiger partial charge in [-0.2, -0.15) is 5.10 Å². The predicted octanol–water partition coefficient (Wildman–Crippen LogP) is 3.79. The lowest BCUT2D eigenvalue weighted by Crippen LogP contribution is -2.28. The number of carbonyl (C=O) groups excluding carboxylic acids is 2. The van der Waals surface area contributed by atoms with Gasteiger partial charge in [0.15, 0.2) is 12.3 Å². The van der Waals surface area contributed by atoms with Crippen molar-refractivity contribution in [3.63, 3.8) is 0 Å². The van der Waals surface area contributed by atoms with E-state index in [-0.39, 0.29) is 12.5 Å². The summed E-state index contributed by atoms with van der Waals surface area (Å²) in [4.78, 5) is 30.8. The summed E-state index contributed by atoms with van der Waals surface area (Å²) in [6.07, 6.45) is 0. The Kier molecular flexibility index (Phi) is 5.81. The first-order chi connectivity index (χ1) is 14.9. The van der Waals surface area contributed by atoms with Crippen LogP contribution in [0, 0.1) is 13.8 Å². The lowest BCUT2D eigenvalue weighted by atomic mass is 10.1. The zero-order chi connectivity index (χ0) is 22.0. The average Bonchev–Trinajstić information content (AvgIpc) is 3.39. The van der Waals surface area contributed by atoms with Crippen molar-refractivity contribution in [3.05, 3.63) is 70.2 Å². The van der Waals surface area contributed by atoms with Gasteiger partial charge < -0.3 is 10.1 Å². The number of aromatic nitrogens is 3. The van der Waals surface area contributed by atoms with Crippen LogP contribution in [0.5, 0.6) is 0 Å². The summed E-state index contributed by atoms with van der Waals surface area (Å²) in [5.41, 5.74) is 4.40. The third-order valence-electron chi connectivity index (χ3n) is 5.03. The molecule has 0 spiro atoms. The number of ether oxygens (including phenoxy) is 1. The summed E-state index contributed by atoms with van der Waals surface area (Å²) < 4.78 is 6.99. The summed E-state index contributed by atoms with van der Waals surface area (Å²) in [5, 5.41) is 9.77. The molecule has 0 saturated carbocycles. The number of amides is 1. The Morgan fingerprint density at radius 1 is 1.16 bits per heavy atom. The van der Waals surface area contributed by atoms with Crippen molar-refractivity contribution in [1.82, 2.24) is 20.1 Å². The number of benzene rings is 1. The van der Waals surface area contributed by atoms with Crippen LogP contribution in [0.15, 0.2) is 47.8 Å². The number of pyridine rings is 1. The van der Waals surface area contributed by atoms with E-state index in [4.69, 9.17) is 4.74 Å². The lowest BCUT2D eigenvalue weighted by Gasteiger charge is -2.10. The van der Waals surface area contributed by atoms with Crippen molar-refractivity contribution in [2.24, 2.45) is 7.05 Å². The SMILES string of the molecule is Cc1ccccc1CNC(=O)COC(=O)c1cc(-c2cccs2)nc2c1c(C)nn2C. The van der Waals surface area contributed by atoms with Crippen LogP contribution in [0.3, 0.4) is 0 Å². The van der Waals surface area contributed by atoms with E-state index in [0.717, 1.165) is 16.0 Å². The van der Waals surface area contributed by atoms with E-state index >= 15 is 0 Å². The van der Waals surface area contributed by atoms with Gasteiger partial charge in [0.2, 0.25) is 0 Å². The number of nitrogens with zero attached hydrogens (tertiary/aromatic N) is 3. The highest BCUT2D eigenvalue weighted by atomic mass is 32.1. The van der Waals surface area contributed by atoms with Gasteiger partial charge in [0.1, 0.15) is 0 Å². The fourth-order valence-corrected chi connectivity index (χ4v) is 4.10. The summed E-state index contributed by atoms with van der Waals surface area (Å²) in [6, 6.07) is 13.4. The Hall–Kier alpha value is -3.52. The Balaban J connectivity index is 1.52. The molecule has 0 aliphatic rings. The molecule has 0 saturated heterocycles. The highest BCUT2D eigenvalue weighted by Crippen LogP contribution is 2.29. The molecule has 4 rings (SSSR count). The zero-order valence-electron chi connectivity index (χ0n) is 17.5. The molecule has 4 aromatic rings. The number of nitrogens with one attached hydrogen (secondary N) is 1. The molecule has 0 atom stereocenters. The molecule has 0 radical (unpaired) electrons. The van der Waals surface area contributed by atoms with E-state index in [0.29, 0.717) is 34.5 Å². The van der Waals surface area contributed by atoms with Crippen molar-refractivity contribution >= 4 is 34.2 Å². The van der Waals surface area contributed by atoms with Gasteiger partial charge in [-0.15, -0.1) is 11.3 Å². The van der Waals surface area contributed by atoms with Crippen LogP contribution in [0.25, 0.3) is 21.6 Å². The van der Waals surface area contributed by atoms with Gasteiger partial charge in [-0.3, -0.25) is 9.48 Å². The molecule has 7 nitrogen and oxygen atoms in total. The van der Waals surface area contributed by atoms with Crippen LogP contribution in [-0.2, 0) is 23.1 Å². The minimum absolute atomic E-state index is 0.353. The number of carbonyl (C=O) groups is 2. The molecular weight excluding hydrogens is 412 g/mol. The molecule has 1 aromatic carbocycles. The minimum Gasteiger partial charge on any atom is -0.452 e. The molecule has 3 heterocycles.